The maximum absolute atomic E-state index is 12.9. The van der Waals surface area contributed by atoms with Crippen LogP contribution < -0.4 is 5.32 Å². The van der Waals surface area contributed by atoms with Crippen molar-refractivity contribution in [2.24, 2.45) is 5.92 Å². The normalized spacial score (nSPS) is 15.4. The number of amides is 1. The highest BCUT2D eigenvalue weighted by atomic mass is 32.2. The largest absolute Gasteiger partial charge is 0.356 e. The van der Waals surface area contributed by atoms with Crippen molar-refractivity contribution in [2.75, 3.05) is 24.2 Å². The fourth-order valence-corrected chi connectivity index (χ4v) is 4.24. The molecular formula is C17H21FN4OS2. The molecule has 1 N–H and O–H groups in total. The number of anilines is 1. The molecule has 0 radical (unpaired) electrons. The summed E-state index contributed by atoms with van der Waals surface area (Å²) >= 11 is 2.86. The fourth-order valence-electron chi connectivity index (χ4n) is 2.59. The average Bonchev–Trinajstić information content (AvgIpc) is 3.08. The number of nitrogens with one attached hydrogen (secondary N) is 1. The number of hydrogen-bond donors (Lipinski definition) is 1. The molecule has 3 rings (SSSR count). The number of piperidine rings is 1. The number of carbonyl (C=O) groups is 1. The maximum atomic E-state index is 12.9. The SMILES string of the molecule is CC1CCN(C(=O)CSc2nnc(NCc3ccc(F)cc3)s2)CC1. The van der Waals surface area contributed by atoms with Gasteiger partial charge in [-0.15, -0.1) is 10.2 Å². The van der Waals surface area contributed by atoms with Crippen LogP contribution in [0.25, 0.3) is 0 Å². The quantitative estimate of drug-likeness (QED) is 0.776. The lowest BCUT2D eigenvalue weighted by Gasteiger charge is -2.30. The molecule has 1 fully saturated rings. The third kappa shape index (κ3) is 5.40. The minimum Gasteiger partial charge on any atom is -0.356 e. The molecule has 1 aliphatic heterocycles. The minimum absolute atomic E-state index is 0.174. The zero-order valence-electron chi connectivity index (χ0n) is 14.1. The highest BCUT2D eigenvalue weighted by Crippen LogP contribution is 2.26. The molecule has 0 unspecified atom stereocenters. The molecule has 134 valence electrons. The lowest BCUT2D eigenvalue weighted by molar-refractivity contribution is -0.129. The smallest absolute Gasteiger partial charge is 0.233 e. The standard InChI is InChI=1S/C17H21FN4OS2/c1-12-6-8-22(9-7-12)15(23)11-24-17-21-20-16(25-17)19-10-13-2-4-14(18)5-3-13/h2-5,12H,6-11H2,1H3,(H,19,20). The summed E-state index contributed by atoms with van der Waals surface area (Å²) in [5.74, 6) is 1.05. The number of likely N-dealkylation sites (tertiary alicyclic amines) is 1. The van der Waals surface area contributed by atoms with Crippen LogP contribution in [0.5, 0.6) is 0 Å². The highest BCUT2D eigenvalue weighted by Gasteiger charge is 2.20. The molecule has 0 aliphatic carbocycles. The lowest BCUT2D eigenvalue weighted by atomic mass is 9.99. The molecule has 8 heteroatoms. The second-order valence-corrected chi connectivity index (χ2v) is 8.41. The number of hydrogen-bond acceptors (Lipinski definition) is 6. The number of benzene rings is 1. The van der Waals surface area contributed by atoms with Crippen LogP contribution in [0.3, 0.4) is 0 Å². The molecule has 1 aromatic carbocycles. The average molecular weight is 381 g/mol. The Balaban J connectivity index is 1.43. The Hall–Kier alpha value is -1.67. The summed E-state index contributed by atoms with van der Waals surface area (Å²) in [5.41, 5.74) is 0.973. The summed E-state index contributed by atoms with van der Waals surface area (Å²) in [5, 5.41) is 12.1. The van der Waals surface area contributed by atoms with Crippen molar-refractivity contribution >= 4 is 34.1 Å². The Bertz CT molecular complexity index is 699. The van der Waals surface area contributed by atoms with E-state index in [2.05, 4.69) is 22.4 Å². The molecule has 5 nitrogen and oxygen atoms in total. The summed E-state index contributed by atoms with van der Waals surface area (Å²) in [7, 11) is 0. The van der Waals surface area contributed by atoms with E-state index < -0.39 is 0 Å². The Morgan fingerprint density at radius 1 is 1.32 bits per heavy atom. The van der Waals surface area contributed by atoms with E-state index in [0.717, 1.165) is 41.8 Å². The molecule has 2 heterocycles. The van der Waals surface area contributed by atoms with Gasteiger partial charge in [-0.25, -0.2) is 4.39 Å². The van der Waals surface area contributed by atoms with Crippen LogP contribution in [-0.2, 0) is 11.3 Å². The van der Waals surface area contributed by atoms with Gasteiger partial charge in [0.1, 0.15) is 5.82 Å². The molecule has 2 aromatic rings. The first-order chi connectivity index (χ1) is 12.1. The van der Waals surface area contributed by atoms with E-state index in [1.165, 1.54) is 35.2 Å². The van der Waals surface area contributed by atoms with Crippen molar-refractivity contribution in [3.8, 4) is 0 Å². The Kier molecular flexibility index (Phi) is 6.25. The lowest BCUT2D eigenvalue weighted by Crippen LogP contribution is -2.38. The van der Waals surface area contributed by atoms with Crippen molar-refractivity contribution in [3.05, 3.63) is 35.6 Å². The molecule has 0 saturated carbocycles. The van der Waals surface area contributed by atoms with E-state index in [9.17, 15) is 9.18 Å². The monoisotopic (exact) mass is 380 g/mol. The summed E-state index contributed by atoms with van der Waals surface area (Å²) < 4.78 is 13.7. The van der Waals surface area contributed by atoms with Gasteiger partial charge in [0.15, 0.2) is 4.34 Å². The second-order valence-electron chi connectivity index (χ2n) is 6.21. The predicted octanol–water partition coefficient (Wildman–Crippen LogP) is 3.64. The summed E-state index contributed by atoms with van der Waals surface area (Å²) in [6.45, 7) is 4.52. The molecule has 0 atom stereocenters. The molecule has 25 heavy (non-hydrogen) atoms. The van der Waals surface area contributed by atoms with Crippen LogP contribution in [0, 0.1) is 11.7 Å². The minimum atomic E-state index is -0.244. The highest BCUT2D eigenvalue weighted by molar-refractivity contribution is 8.01. The van der Waals surface area contributed by atoms with Crippen LogP contribution in [0.2, 0.25) is 0 Å². The fraction of sp³-hybridized carbons (Fsp3) is 0.471. The molecule has 1 amide bonds. The Labute approximate surface area is 155 Å². The van der Waals surface area contributed by atoms with Gasteiger partial charge in [0.05, 0.1) is 5.75 Å². The Morgan fingerprint density at radius 2 is 2.04 bits per heavy atom. The molecule has 1 saturated heterocycles. The molecule has 1 aromatic heterocycles. The number of thioether (sulfide) groups is 1. The molecule has 0 bridgehead atoms. The van der Waals surface area contributed by atoms with Crippen molar-refractivity contribution in [1.29, 1.82) is 0 Å². The number of rotatable bonds is 6. The third-order valence-electron chi connectivity index (χ3n) is 4.22. The molecular weight excluding hydrogens is 359 g/mol. The third-order valence-corrected chi connectivity index (χ3v) is 6.22. The van der Waals surface area contributed by atoms with Crippen molar-refractivity contribution in [2.45, 2.75) is 30.6 Å². The van der Waals surface area contributed by atoms with Crippen LogP contribution >= 0.6 is 23.1 Å². The van der Waals surface area contributed by atoms with Gasteiger partial charge < -0.3 is 10.2 Å². The molecule has 1 aliphatic rings. The van der Waals surface area contributed by atoms with E-state index in [-0.39, 0.29) is 11.7 Å². The number of carbonyl (C=O) groups excluding carboxylic acids is 1. The van der Waals surface area contributed by atoms with E-state index in [1.54, 1.807) is 12.1 Å². The van der Waals surface area contributed by atoms with E-state index in [1.807, 2.05) is 4.90 Å². The number of aromatic nitrogens is 2. The second kappa shape index (κ2) is 8.62. The summed E-state index contributed by atoms with van der Waals surface area (Å²) in [6.07, 6.45) is 2.18. The number of halogens is 1. The van der Waals surface area contributed by atoms with Crippen LogP contribution in [0.1, 0.15) is 25.3 Å². The van der Waals surface area contributed by atoms with E-state index in [0.29, 0.717) is 17.4 Å². The van der Waals surface area contributed by atoms with Gasteiger partial charge in [-0.05, 0) is 36.5 Å². The first-order valence-corrected chi connectivity index (χ1v) is 10.1. The van der Waals surface area contributed by atoms with Crippen molar-refractivity contribution in [3.63, 3.8) is 0 Å². The Morgan fingerprint density at radius 3 is 2.76 bits per heavy atom. The zero-order valence-corrected chi connectivity index (χ0v) is 15.7. The van der Waals surface area contributed by atoms with Gasteiger partial charge in [-0.1, -0.05) is 42.2 Å². The topological polar surface area (TPSA) is 58.1 Å². The number of nitrogens with zero attached hydrogens (tertiary/aromatic N) is 3. The van der Waals surface area contributed by atoms with Gasteiger partial charge in [-0.2, -0.15) is 0 Å². The van der Waals surface area contributed by atoms with Crippen molar-refractivity contribution < 1.29 is 9.18 Å². The predicted molar refractivity (Wildman–Crippen MR) is 99.3 cm³/mol. The summed E-state index contributed by atoms with van der Waals surface area (Å²) in [4.78, 5) is 14.2. The maximum Gasteiger partial charge on any atom is 0.233 e. The van der Waals surface area contributed by atoms with E-state index >= 15 is 0 Å². The first-order valence-electron chi connectivity index (χ1n) is 8.32. The van der Waals surface area contributed by atoms with Gasteiger partial charge in [0, 0.05) is 19.6 Å². The van der Waals surface area contributed by atoms with Crippen LogP contribution in [0.4, 0.5) is 9.52 Å². The van der Waals surface area contributed by atoms with Gasteiger partial charge in [0.2, 0.25) is 11.0 Å². The van der Waals surface area contributed by atoms with Crippen LogP contribution in [0.15, 0.2) is 28.6 Å². The van der Waals surface area contributed by atoms with Gasteiger partial charge >= 0.3 is 0 Å². The van der Waals surface area contributed by atoms with Crippen molar-refractivity contribution in [1.82, 2.24) is 15.1 Å². The van der Waals surface area contributed by atoms with Gasteiger partial charge in [-0.3, -0.25) is 4.79 Å². The van der Waals surface area contributed by atoms with E-state index in [4.69, 9.17) is 0 Å². The van der Waals surface area contributed by atoms with Crippen LogP contribution in [-0.4, -0.2) is 39.8 Å². The molecule has 0 spiro atoms. The summed E-state index contributed by atoms with van der Waals surface area (Å²) in [6, 6.07) is 6.34. The zero-order chi connectivity index (χ0) is 17.6. The van der Waals surface area contributed by atoms with Gasteiger partial charge in [0.25, 0.3) is 0 Å². The first kappa shape index (κ1) is 18.1.